The average Bonchev–Trinajstić information content (AvgIpc) is 2.66. The standard InChI is InChI=1S/C10H17N5/c1-14(2)8-4-6-15(7-8)10-12-5-3-9(11)13-10/h3,5,8H,4,6-7H2,1-2H3,(H2,11,12,13). The second-order valence-corrected chi connectivity index (χ2v) is 4.13. The molecule has 1 aromatic heterocycles. The molecule has 0 aromatic carbocycles. The zero-order chi connectivity index (χ0) is 10.8. The van der Waals surface area contributed by atoms with Crippen LogP contribution in [0.4, 0.5) is 11.8 Å². The lowest BCUT2D eigenvalue weighted by molar-refractivity contribution is 0.315. The minimum Gasteiger partial charge on any atom is -0.384 e. The molecule has 0 aliphatic carbocycles. The van der Waals surface area contributed by atoms with Gasteiger partial charge in [0.1, 0.15) is 5.82 Å². The van der Waals surface area contributed by atoms with E-state index in [4.69, 9.17) is 5.73 Å². The Kier molecular flexibility index (Phi) is 2.73. The molecular weight excluding hydrogens is 190 g/mol. The Balaban J connectivity index is 2.08. The molecule has 0 radical (unpaired) electrons. The van der Waals surface area contributed by atoms with Crippen molar-refractivity contribution in [2.24, 2.45) is 0 Å². The number of likely N-dealkylation sites (N-methyl/N-ethyl adjacent to an activating group) is 1. The van der Waals surface area contributed by atoms with Crippen LogP contribution in [0.15, 0.2) is 12.3 Å². The highest BCUT2D eigenvalue weighted by Gasteiger charge is 2.25. The molecule has 1 atom stereocenters. The fraction of sp³-hybridized carbons (Fsp3) is 0.600. The zero-order valence-electron chi connectivity index (χ0n) is 9.22. The van der Waals surface area contributed by atoms with Gasteiger partial charge in [-0.1, -0.05) is 0 Å². The summed E-state index contributed by atoms with van der Waals surface area (Å²) in [6.45, 7) is 1.99. The Bertz CT molecular complexity index is 338. The van der Waals surface area contributed by atoms with Crippen molar-refractivity contribution >= 4 is 11.8 Å². The first kappa shape index (κ1) is 10.2. The average molecular weight is 207 g/mol. The lowest BCUT2D eigenvalue weighted by atomic mass is 10.2. The molecule has 1 aromatic rings. The summed E-state index contributed by atoms with van der Waals surface area (Å²) >= 11 is 0. The molecule has 2 heterocycles. The van der Waals surface area contributed by atoms with E-state index in [1.54, 1.807) is 12.3 Å². The van der Waals surface area contributed by atoms with Gasteiger partial charge in [0.25, 0.3) is 0 Å². The maximum Gasteiger partial charge on any atom is 0.227 e. The molecule has 0 spiro atoms. The summed E-state index contributed by atoms with van der Waals surface area (Å²) in [5, 5.41) is 0. The Morgan fingerprint density at radius 3 is 2.93 bits per heavy atom. The van der Waals surface area contributed by atoms with E-state index in [1.807, 2.05) is 0 Å². The second-order valence-electron chi connectivity index (χ2n) is 4.13. The van der Waals surface area contributed by atoms with Gasteiger partial charge in [0.15, 0.2) is 0 Å². The summed E-state index contributed by atoms with van der Waals surface area (Å²) in [5.74, 6) is 1.28. The summed E-state index contributed by atoms with van der Waals surface area (Å²) in [6.07, 6.45) is 2.87. The third kappa shape index (κ3) is 2.18. The molecule has 1 aliphatic heterocycles. The Labute approximate surface area is 89.9 Å². The third-order valence-corrected chi connectivity index (χ3v) is 2.84. The molecule has 1 aliphatic rings. The molecule has 1 fully saturated rings. The lowest BCUT2D eigenvalue weighted by Gasteiger charge is -2.20. The molecule has 2 N–H and O–H groups in total. The van der Waals surface area contributed by atoms with Crippen LogP contribution >= 0.6 is 0 Å². The summed E-state index contributed by atoms with van der Waals surface area (Å²) < 4.78 is 0. The molecule has 82 valence electrons. The molecular formula is C10H17N5. The van der Waals surface area contributed by atoms with Crippen LogP contribution in [0.2, 0.25) is 0 Å². The quantitative estimate of drug-likeness (QED) is 0.750. The van der Waals surface area contributed by atoms with Crippen molar-refractivity contribution in [3.63, 3.8) is 0 Å². The molecule has 0 saturated carbocycles. The Morgan fingerprint density at radius 2 is 2.33 bits per heavy atom. The van der Waals surface area contributed by atoms with Crippen LogP contribution in [-0.4, -0.2) is 48.1 Å². The molecule has 1 saturated heterocycles. The third-order valence-electron chi connectivity index (χ3n) is 2.84. The molecule has 5 heteroatoms. The number of rotatable bonds is 2. The van der Waals surface area contributed by atoms with Gasteiger partial charge in [0.2, 0.25) is 5.95 Å². The van der Waals surface area contributed by atoms with E-state index in [0.717, 1.165) is 25.5 Å². The number of hydrogen-bond donors (Lipinski definition) is 1. The van der Waals surface area contributed by atoms with Gasteiger partial charge in [0, 0.05) is 25.3 Å². The van der Waals surface area contributed by atoms with Crippen LogP contribution in [0, 0.1) is 0 Å². The van der Waals surface area contributed by atoms with Crippen molar-refractivity contribution in [3.05, 3.63) is 12.3 Å². The van der Waals surface area contributed by atoms with E-state index < -0.39 is 0 Å². The number of nitrogens with zero attached hydrogens (tertiary/aromatic N) is 4. The van der Waals surface area contributed by atoms with Crippen LogP contribution in [-0.2, 0) is 0 Å². The SMILES string of the molecule is CN(C)C1CCN(c2nccc(N)n2)C1. The van der Waals surface area contributed by atoms with Gasteiger partial charge >= 0.3 is 0 Å². The summed E-state index contributed by atoms with van der Waals surface area (Å²) in [6, 6.07) is 2.30. The first-order valence-electron chi connectivity index (χ1n) is 5.16. The summed E-state index contributed by atoms with van der Waals surface area (Å²) in [5.41, 5.74) is 5.63. The topological polar surface area (TPSA) is 58.3 Å². The van der Waals surface area contributed by atoms with Crippen molar-refractivity contribution in [1.29, 1.82) is 0 Å². The van der Waals surface area contributed by atoms with Crippen molar-refractivity contribution in [3.8, 4) is 0 Å². The fourth-order valence-electron chi connectivity index (χ4n) is 1.86. The summed E-state index contributed by atoms with van der Waals surface area (Å²) in [4.78, 5) is 12.9. The molecule has 0 amide bonds. The number of nitrogen functional groups attached to an aromatic ring is 1. The molecule has 15 heavy (non-hydrogen) atoms. The highest BCUT2D eigenvalue weighted by atomic mass is 15.3. The fourth-order valence-corrected chi connectivity index (χ4v) is 1.86. The van der Waals surface area contributed by atoms with Crippen LogP contribution in [0.1, 0.15) is 6.42 Å². The summed E-state index contributed by atoms with van der Waals surface area (Å²) in [7, 11) is 4.21. The van der Waals surface area contributed by atoms with Crippen molar-refractivity contribution in [2.45, 2.75) is 12.5 Å². The predicted octanol–water partition coefficient (Wildman–Crippen LogP) is 0.199. The van der Waals surface area contributed by atoms with Crippen molar-refractivity contribution < 1.29 is 0 Å². The number of nitrogens with two attached hydrogens (primary N) is 1. The van der Waals surface area contributed by atoms with E-state index in [0.29, 0.717) is 11.9 Å². The maximum atomic E-state index is 5.63. The normalized spacial score (nSPS) is 21.3. The van der Waals surface area contributed by atoms with Crippen molar-refractivity contribution in [2.75, 3.05) is 37.8 Å². The number of aromatic nitrogens is 2. The van der Waals surface area contributed by atoms with Gasteiger partial charge in [-0.2, -0.15) is 4.98 Å². The molecule has 0 bridgehead atoms. The van der Waals surface area contributed by atoms with Gasteiger partial charge < -0.3 is 15.5 Å². The first-order chi connectivity index (χ1) is 7.16. The molecule has 2 rings (SSSR count). The van der Waals surface area contributed by atoms with E-state index in [9.17, 15) is 0 Å². The highest BCUT2D eigenvalue weighted by Crippen LogP contribution is 2.18. The van der Waals surface area contributed by atoms with E-state index >= 15 is 0 Å². The van der Waals surface area contributed by atoms with E-state index in [2.05, 4.69) is 33.9 Å². The Hall–Kier alpha value is -1.36. The lowest BCUT2D eigenvalue weighted by Crippen LogP contribution is -2.32. The van der Waals surface area contributed by atoms with Crippen molar-refractivity contribution in [1.82, 2.24) is 14.9 Å². The van der Waals surface area contributed by atoms with Gasteiger partial charge in [-0.3, -0.25) is 0 Å². The minimum absolute atomic E-state index is 0.535. The van der Waals surface area contributed by atoms with Gasteiger partial charge in [-0.05, 0) is 26.6 Å². The molecule has 1 unspecified atom stereocenters. The van der Waals surface area contributed by atoms with Crippen LogP contribution in [0.25, 0.3) is 0 Å². The van der Waals surface area contributed by atoms with E-state index in [-0.39, 0.29) is 0 Å². The van der Waals surface area contributed by atoms with Crippen LogP contribution in [0.5, 0.6) is 0 Å². The second kappa shape index (κ2) is 4.02. The van der Waals surface area contributed by atoms with Crippen LogP contribution in [0.3, 0.4) is 0 Å². The monoisotopic (exact) mass is 207 g/mol. The zero-order valence-corrected chi connectivity index (χ0v) is 9.22. The largest absolute Gasteiger partial charge is 0.384 e. The molecule has 5 nitrogen and oxygen atoms in total. The van der Waals surface area contributed by atoms with E-state index in [1.165, 1.54) is 0 Å². The van der Waals surface area contributed by atoms with Gasteiger partial charge in [-0.15, -0.1) is 0 Å². The van der Waals surface area contributed by atoms with Gasteiger partial charge in [0.05, 0.1) is 0 Å². The van der Waals surface area contributed by atoms with Crippen LogP contribution < -0.4 is 10.6 Å². The minimum atomic E-state index is 0.535. The predicted molar refractivity (Wildman–Crippen MR) is 60.7 cm³/mol. The number of hydrogen-bond acceptors (Lipinski definition) is 5. The Morgan fingerprint density at radius 1 is 1.53 bits per heavy atom. The maximum absolute atomic E-state index is 5.63. The number of anilines is 2. The first-order valence-corrected chi connectivity index (χ1v) is 5.16. The van der Waals surface area contributed by atoms with Gasteiger partial charge in [-0.25, -0.2) is 4.98 Å². The smallest absolute Gasteiger partial charge is 0.227 e. The highest BCUT2D eigenvalue weighted by molar-refractivity contribution is 5.38.